The molecule has 0 unspecified atom stereocenters. The zero-order valence-corrected chi connectivity index (χ0v) is 31.3. The van der Waals surface area contributed by atoms with Gasteiger partial charge in [-0.1, -0.05) is 77.3 Å². The molecule has 3 fully saturated rings. The number of aromatic nitrogens is 2. The topological polar surface area (TPSA) is 115 Å². The van der Waals surface area contributed by atoms with Gasteiger partial charge in [0.1, 0.15) is 17.4 Å². The standard InChI is InChI=1S/C39H40Cl3N5O5/c1-50-36-24(17-43-16-23-9-11-27(48)13-23)10-12-32(45-36)30-8-4-7-29(35(30)42)28-6-3-5-25(34(28)41)19-52-38-31(40)14-26(37(46-38)51-2)18-47-21-39(22-47)15-33(49)44-20-39/h3-8,10,12,14,23,43H,9,11,13,15-22H2,1-2H3,(H,44,49)/t23-/m1/s1. The number of benzene rings is 2. The summed E-state index contributed by atoms with van der Waals surface area (Å²) in [6.45, 7) is 4.45. The number of ketones is 1. The van der Waals surface area contributed by atoms with Gasteiger partial charge in [-0.3, -0.25) is 14.5 Å². The predicted molar refractivity (Wildman–Crippen MR) is 201 cm³/mol. The number of likely N-dealkylation sites (tertiary alicyclic amines) is 1. The van der Waals surface area contributed by atoms with Crippen molar-refractivity contribution < 1.29 is 23.8 Å². The van der Waals surface area contributed by atoms with Crippen molar-refractivity contribution in [3.8, 4) is 40.0 Å². The lowest BCUT2D eigenvalue weighted by Gasteiger charge is -2.47. The van der Waals surface area contributed by atoms with E-state index in [0.29, 0.717) is 76.6 Å². The molecule has 2 aliphatic heterocycles. The van der Waals surface area contributed by atoms with Crippen LogP contribution in [0.1, 0.15) is 42.4 Å². The molecular weight excluding hydrogens is 725 g/mol. The Morgan fingerprint density at radius 2 is 1.62 bits per heavy atom. The highest BCUT2D eigenvalue weighted by molar-refractivity contribution is 6.38. The van der Waals surface area contributed by atoms with Crippen LogP contribution >= 0.6 is 34.8 Å². The van der Waals surface area contributed by atoms with E-state index in [4.69, 9.17) is 54.0 Å². The third-order valence-corrected chi connectivity index (χ3v) is 11.2. The Kier molecular flexibility index (Phi) is 10.9. The zero-order chi connectivity index (χ0) is 36.4. The van der Waals surface area contributed by atoms with E-state index in [1.165, 1.54) is 0 Å². The van der Waals surface area contributed by atoms with Gasteiger partial charge in [-0.2, -0.15) is 4.98 Å². The van der Waals surface area contributed by atoms with Crippen LogP contribution in [-0.4, -0.2) is 67.0 Å². The van der Waals surface area contributed by atoms with Gasteiger partial charge in [0.15, 0.2) is 0 Å². The van der Waals surface area contributed by atoms with E-state index in [0.717, 1.165) is 66.0 Å². The number of hydrogen-bond donors (Lipinski definition) is 2. The number of carbonyl (C=O) groups is 2. The van der Waals surface area contributed by atoms with Crippen molar-refractivity contribution >= 4 is 46.5 Å². The minimum Gasteiger partial charge on any atom is -0.481 e. The van der Waals surface area contributed by atoms with Crippen molar-refractivity contribution in [3.63, 3.8) is 0 Å². The molecule has 52 heavy (non-hydrogen) atoms. The molecule has 10 nitrogen and oxygen atoms in total. The molecule has 2 aromatic carbocycles. The molecular formula is C39H40Cl3N5O5. The summed E-state index contributed by atoms with van der Waals surface area (Å²) in [7, 11) is 3.17. The number of halogens is 3. The van der Waals surface area contributed by atoms with E-state index in [1.807, 2.05) is 54.6 Å². The van der Waals surface area contributed by atoms with Crippen molar-refractivity contribution in [2.75, 3.05) is 40.4 Å². The summed E-state index contributed by atoms with van der Waals surface area (Å²) in [5.74, 6) is 2.02. The largest absolute Gasteiger partial charge is 0.481 e. The highest BCUT2D eigenvalue weighted by atomic mass is 35.5. The quantitative estimate of drug-likeness (QED) is 0.147. The number of nitrogens with zero attached hydrogens (tertiary/aromatic N) is 3. The number of amides is 1. The third-order valence-electron chi connectivity index (χ3n) is 10.1. The van der Waals surface area contributed by atoms with Gasteiger partial charge in [-0.15, -0.1) is 0 Å². The second kappa shape index (κ2) is 15.6. The fourth-order valence-electron chi connectivity index (χ4n) is 7.51. The van der Waals surface area contributed by atoms with Crippen molar-refractivity contribution in [1.29, 1.82) is 0 Å². The van der Waals surface area contributed by atoms with Crippen LogP contribution in [0, 0.1) is 11.3 Å². The molecule has 2 saturated heterocycles. The molecule has 2 aromatic heterocycles. The first-order valence-electron chi connectivity index (χ1n) is 17.3. The molecule has 7 rings (SSSR count). The Morgan fingerprint density at radius 3 is 2.33 bits per heavy atom. The van der Waals surface area contributed by atoms with Crippen LogP contribution in [0.15, 0.2) is 54.6 Å². The number of pyridine rings is 2. The van der Waals surface area contributed by atoms with Crippen LogP contribution in [0.2, 0.25) is 15.1 Å². The van der Waals surface area contributed by atoms with Crippen LogP contribution in [0.3, 0.4) is 0 Å². The molecule has 272 valence electrons. The van der Waals surface area contributed by atoms with Gasteiger partial charge in [-0.25, -0.2) is 4.98 Å². The lowest BCUT2D eigenvalue weighted by molar-refractivity contribution is -0.120. The van der Waals surface area contributed by atoms with Crippen LogP contribution in [0.4, 0.5) is 0 Å². The number of nitrogens with one attached hydrogen (secondary N) is 2. The SMILES string of the molecule is COc1nc(-c2cccc(-c3cccc(COc4nc(OC)c(CN5CC6(CNC(=O)C6)C5)cc4Cl)c3Cl)c2Cl)ccc1CNC[C@@H]1CCC(=O)C1. The van der Waals surface area contributed by atoms with E-state index in [1.54, 1.807) is 14.2 Å². The Balaban J connectivity index is 1.04. The molecule has 4 heterocycles. The van der Waals surface area contributed by atoms with Crippen molar-refractivity contribution in [1.82, 2.24) is 25.5 Å². The normalized spacial score (nSPS) is 18.1. The maximum absolute atomic E-state index is 11.7. The highest BCUT2D eigenvalue weighted by Crippen LogP contribution is 2.42. The van der Waals surface area contributed by atoms with E-state index < -0.39 is 0 Å². The van der Waals surface area contributed by atoms with E-state index in [9.17, 15) is 9.59 Å². The Morgan fingerprint density at radius 1 is 0.885 bits per heavy atom. The highest BCUT2D eigenvalue weighted by Gasteiger charge is 2.48. The van der Waals surface area contributed by atoms with Gasteiger partial charge in [0.05, 0.1) is 30.0 Å². The first-order chi connectivity index (χ1) is 25.1. The van der Waals surface area contributed by atoms with Crippen LogP contribution in [-0.2, 0) is 29.3 Å². The summed E-state index contributed by atoms with van der Waals surface area (Å²) in [6, 6.07) is 17.2. The fourth-order valence-corrected chi connectivity index (χ4v) is 8.34. The summed E-state index contributed by atoms with van der Waals surface area (Å²) in [5.41, 5.74) is 5.42. The third kappa shape index (κ3) is 7.72. The molecule has 1 spiro atoms. The second-order valence-electron chi connectivity index (χ2n) is 13.9. The Hall–Kier alpha value is -3.93. The summed E-state index contributed by atoms with van der Waals surface area (Å²) in [6.07, 6.45) is 2.83. The van der Waals surface area contributed by atoms with Crippen molar-refractivity contribution in [3.05, 3.63) is 86.4 Å². The first-order valence-corrected chi connectivity index (χ1v) is 18.5. The summed E-state index contributed by atoms with van der Waals surface area (Å²) in [4.78, 5) is 35.0. The van der Waals surface area contributed by atoms with Gasteiger partial charge < -0.3 is 24.8 Å². The van der Waals surface area contributed by atoms with Gasteiger partial charge >= 0.3 is 0 Å². The van der Waals surface area contributed by atoms with Gasteiger partial charge in [-0.05, 0) is 31.0 Å². The molecule has 0 bridgehead atoms. The number of ether oxygens (including phenoxy) is 3. The molecule has 4 aromatic rings. The monoisotopic (exact) mass is 763 g/mol. The maximum atomic E-state index is 11.7. The summed E-state index contributed by atoms with van der Waals surface area (Å²) >= 11 is 20.7. The zero-order valence-electron chi connectivity index (χ0n) is 29.1. The first kappa shape index (κ1) is 36.4. The number of methoxy groups -OCH3 is 2. The molecule has 2 N–H and O–H groups in total. The molecule has 13 heteroatoms. The van der Waals surface area contributed by atoms with Crippen molar-refractivity contribution in [2.24, 2.45) is 11.3 Å². The Labute approximate surface area is 318 Å². The maximum Gasteiger partial charge on any atom is 0.236 e. The minimum atomic E-state index is 0.0250. The smallest absolute Gasteiger partial charge is 0.236 e. The van der Waals surface area contributed by atoms with Gasteiger partial charge in [0.25, 0.3) is 0 Å². The van der Waals surface area contributed by atoms with Gasteiger partial charge in [0.2, 0.25) is 23.5 Å². The Bertz CT molecular complexity index is 2000. The fraction of sp³-hybridized carbons (Fsp3) is 0.385. The average molecular weight is 765 g/mol. The molecule has 1 atom stereocenters. The average Bonchev–Trinajstić information content (AvgIpc) is 3.73. The molecule has 3 aliphatic rings. The van der Waals surface area contributed by atoms with E-state index >= 15 is 0 Å². The summed E-state index contributed by atoms with van der Waals surface area (Å²) < 4.78 is 17.4. The second-order valence-corrected chi connectivity index (χ2v) is 15.1. The molecule has 1 aliphatic carbocycles. The molecule has 1 saturated carbocycles. The van der Waals surface area contributed by atoms with Crippen LogP contribution in [0.5, 0.6) is 17.6 Å². The van der Waals surface area contributed by atoms with Crippen LogP contribution < -0.4 is 24.8 Å². The van der Waals surface area contributed by atoms with Gasteiger partial charge in [0, 0.05) is 90.8 Å². The number of Topliss-reactive ketones (excluding diaryl/α,β-unsaturated/α-hetero) is 1. The van der Waals surface area contributed by atoms with E-state index in [-0.39, 0.29) is 23.8 Å². The minimum absolute atomic E-state index is 0.0250. The van der Waals surface area contributed by atoms with Crippen molar-refractivity contribution in [2.45, 2.75) is 45.4 Å². The predicted octanol–water partition coefficient (Wildman–Crippen LogP) is 7.15. The number of rotatable bonds is 13. The number of hydrogen-bond acceptors (Lipinski definition) is 9. The molecule has 1 amide bonds. The lowest BCUT2D eigenvalue weighted by atomic mass is 9.79. The lowest BCUT2D eigenvalue weighted by Crippen LogP contribution is -2.56. The van der Waals surface area contributed by atoms with E-state index in [2.05, 4.69) is 20.5 Å². The summed E-state index contributed by atoms with van der Waals surface area (Å²) in [5, 5.41) is 7.74. The molecule has 0 radical (unpaired) electrons. The van der Waals surface area contributed by atoms with Crippen LogP contribution in [0.25, 0.3) is 22.4 Å². The number of carbonyl (C=O) groups excluding carboxylic acids is 2.